The maximum atomic E-state index is 12.0. The summed E-state index contributed by atoms with van der Waals surface area (Å²) in [5.41, 5.74) is 1.37. The molecule has 100 valence electrons. The standard InChI is InChI=1S/C13H12O5S/c1-5-7-4-19-11-6(12(14)15)3-8(17-2)10(9(7)11)13(16)18-5/h3,5,7H,4H2,1-2H3,(H,14,15)/t5-,7-/m0/s1. The fraction of sp³-hybridized carbons (Fsp3) is 0.385. The fourth-order valence-electron chi connectivity index (χ4n) is 2.64. The van der Waals surface area contributed by atoms with Crippen LogP contribution in [0, 0.1) is 0 Å². The molecule has 0 radical (unpaired) electrons. The van der Waals surface area contributed by atoms with Crippen LogP contribution in [-0.4, -0.2) is 36.0 Å². The van der Waals surface area contributed by atoms with Crippen LogP contribution in [0.5, 0.6) is 5.75 Å². The van der Waals surface area contributed by atoms with Crippen LogP contribution < -0.4 is 4.74 Å². The highest BCUT2D eigenvalue weighted by molar-refractivity contribution is 7.99. The van der Waals surface area contributed by atoms with E-state index in [0.717, 1.165) is 11.3 Å². The molecule has 0 aliphatic carbocycles. The van der Waals surface area contributed by atoms with Crippen molar-refractivity contribution in [2.45, 2.75) is 23.8 Å². The summed E-state index contributed by atoms with van der Waals surface area (Å²) in [5, 5.41) is 9.28. The molecule has 3 rings (SSSR count). The lowest BCUT2D eigenvalue weighted by molar-refractivity contribution is 0.0239. The van der Waals surface area contributed by atoms with Gasteiger partial charge in [0.05, 0.1) is 12.7 Å². The van der Waals surface area contributed by atoms with Crippen molar-refractivity contribution in [3.05, 3.63) is 22.8 Å². The van der Waals surface area contributed by atoms with Gasteiger partial charge in [0.2, 0.25) is 0 Å². The van der Waals surface area contributed by atoms with E-state index >= 15 is 0 Å². The molecule has 6 heteroatoms. The van der Waals surface area contributed by atoms with Crippen LogP contribution in [0.15, 0.2) is 11.0 Å². The highest BCUT2D eigenvalue weighted by atomic mass is 32.2. The second-order valence-electron chi connectivity index (χ2n) is 4.58. The minimum absolute atomic E-state index is 0.0425. The number of aromatic carboxylic acids is 1. The molecule has 2 heterocycles. The minimum Gasteiger partial charge on any atom is -0.496 e. The lowest BCUT2D eigenvalue weighted by Gasteiger charge is -2.28. The minimum atomic E-state index is -1.00. The highest BCUT2D eigenvalue weighted by Crippen LogP contribution is 2.50. The largest absolute Gasteiger partial charge is 0.496 e. The molecule has 0 amide bonds. The van der Waals surface area contributed by atoms with E-state index in [1.54, 1.807) is 0 Å². The average molecular weight is 280 g/mol. The highest BCUT2D eigenvalue weighted by Gasteiger charge is 2.42. The number of ether oxygens (including phenoxy) is 2. The van der Waals surface area contributed by atoms with E-state index in [-0.39, 0.29) is 23.3 Å². The van der Waals surface area contributed by atoms with Crippen LogP contribution in [0.4, 0.5) is 0 Å². The first-order valence-electron chi connectivity index (χ1n) is 5.86. The first-order chi connectivity index (χ1) is 9.04. The Bertz CT molecular complexity index is 595. The molecule has 0 fully saturated rings. The van der Waals surface area contributed by atoms with Crippen LogP contribution in [0.3, 0.4) is 0 Å². The van der Waals surface area contributed by atoms with E-state index in [2.05, 4.69) is 0 Å². The van der Waals surface area contributed by atoms with Gasteiger partial charge in [0, 0.05) is 16.6 Å². The summed E-state index contributed by atoms with van der Waals surface area (Å²) < 4.78 is 10.5. The Labute approximate surface area is 113 Å². The molecule has 19 heavy (non-hydrogen) atoms. The smallest absolute Gasteiger partial charge is 0.342 e. The SMILES string of the molecule is COc1cc(C(=O)O)c2c3c1C(=O)O[C@@H](C)[C@@H]3CS2. The van der Waals surface area contributed by atoms with Crippen molar-refractivity contribution in [2.24, 2.45) is 0 Å². The van der Waals surface area contributed by atoms with Crippen molar-refractivity contribution >= 4 is 23.7 Å². The second kappa shape index (κ2) is 4.16. The normalized spacial score (nSPS) is 23.8. The van der Waals surface area contributed by atoms with Gasteiger partial charge in [-0.2, -0.15) is 0 Å². The lowest BCUT2D eigenvalue weighted by atomic mass is 9.87. The van der Waals surface area contributed by atoms with E-state index < -0.39 is 11.9 Å². The molecule has 0 bridgehead atoms. The average Bonchev–Trinajstić information content (AvgIpc) is 2.79. The topological polar surface area (TPSA) is 72.8 Å². The zero-order chi connectivity index (χ0) is 13.7. The summed E-state index contributed by atoms with van der Waals surface area (Å²) in [5.74, 6) is -0.391. The number of benzene rings is 1. The van der Waals surface area contributed by atoms with Gasteiger partial charge in [0.15, 0.2) is 0 Å². The van der Waals surface area contributed by atoms with E-state index in [1.165, 1.54) is 24.9 Å². The Balaban J connectivity index is 2.33. The quantitative estimate of drug-likeness (QED) is 0.837. The molecule has 5 nitrogen and oxygen atoms in total. The fourth-order valence-corrected chi connectivity index (χ4v) is 4.13. The van der Waals surface area contributed by atoms with Gasteiger partial charge in [-0.05, 0) is 18.6 Å². The van der Waals surface area contributed by atoms with Crippen LogP contribution in [0.25, 0.3) is 0 Å². The zero-order valence-electron chi connectivity index (χ0n) is 10.4. The molecule has 0 saturated heterocycles. The number of hydrogen-bond donors (Lipinski definition) is 1. The predicted molar refractivity (Wildman–Crippen MR) is 68.3 cm³/mol. The number of carbonyl (C=O) groups excluding carboxylic acids is 1. The molecule has 0 spiro atoms. The van der Waals surface area contributed by atoms with Crippen LogP contribution in [0.1, 0.15) is 39.1 Å². The first-order valence-corrected chi connectivity index (χ1v) is 6.85. The Morgan fingerprint density at radius 2 is 2.32 bits per heavy atom. The number of rotatable bonds is 2. The van der Waals surface area contributed by atoms with Crippen molar-refractivity contribution in [3.8, 4) is 5.75 Å². The van der Waals surface area contributed by atoms with Gasteiger partial charge < -0.3 is 14.6 Å². The van der Waals surface area contributed by atoms with Gasteiger partial charge in [-0.1, -0.05) is 0 Å². The molecule has 2 aliphatic heterocycles. The van der Waals surface area contributed by atoms with Gasteiger partial charge in [-0.3, -0.25) is 0 Å². The summed E-state index contributed by atoms with van der Waals surface area (Å²) >= 11 is 1.47. The maximum Gasteiger partial charge on any atom is 0.342 e. The van der Waals surface area contributed by atoms with Crippen LogP contribution >= 0.6 is 11.8 Å². The number of hydrogen-bond acceptors (Lipinski definition) is 5. The molecule has 2 atom stereocenters. The lowest BCUT2D eigenvalue weighted by Crippen LogP contribution is -2.30. The maximum absolute atomic E-state index is 12.0. The molecular weight excluding hydrogens is 268 g/mol. The van der Waals surface area contributed by atoms with Gasteiger partial charge in [-0.15, -0.1) is 11.8 Å². The molecule has 1 aromatic rings. The molecule has 1 aromatic carbocycles. The third kappa shape index (κ3) is 1.63. The van der Waals surface area contributed by atoms with E-state index in [4.69, 9.17) is 9.47 Å². The summed E-state index contributed by atoms with van der Waals surface area (Å²) in [6.45, 7) is 1.83. The summed E-state index contributed by atoms with van der Waals surface area (Å²) in [4.78, 5) is 24.0. The van der Waals surface area contributed by atoms with Crippen LogP contribution in [0.2, 0.25) is 0 Å². The predicted octanol–water partition coefficient (Wildman–Crippen LogP) is 2.14. The first kappa shape index (κ1) is 12.3. The van der Waals surface area contributed by atoms with E-state index in [1.807, 2.05) is 6.92 Å². The van der Waals surface area contributed by atoms with Gasteiger partial charge >= 0.3 is 11.9 Å². The number of esters is 1. The Morgan fingerprint density at radius 1 is 1.58 bits per heavy atom. The Kier molecular flexibility index (Phi) is 2.70. The second-order valence-corrected chi connectivity index (χ2v) is 5.61. The summed E-state index contributed by atoms with van der Waals surface area (Å²) in [6.07, 6.45) is -0.234. The molecule has 0 unspecified atom stereocenters. The molecule has 1 N–H and O–H groups in total. The summed E-state index contributed by atoms with van der Waals surface area (Å²) in [7, 11) is 1.42. The van der Waals surface area contributed by atoms with E-state index in [0.29, 0.717) is 10.5 Å². The molecule has 0 saturated carbocycles. The van der Waals surface area contributed by atoms with Gasteiger partial charge in [0.1, 0.15) is 17.4 Å². The van der Waals surface area contributed by atoms with Crippen molar-refractivity contribution in [1.29, 1.82) is 0 Å². The zero-order valence-corrected chi connectivity index (χ0v) is 11.2. The molecule has 0 aromatic heterocycles. The van der Waals surface area contributed by atoms with E-state index in [9.17, 15) is 14.7 Å². The van der Waals surface area contributed by atoms with Crippen molar-refractivity contribution in [3.63, 3.8) is 0 Å². The molecular formula is C13H12O5S. The number of carbonyl (C=O) groups is 2. The van der Waals surface area contributed by atoms with Crippen molar-refractivity contribution < 1.29 is 24.2 Å². The van der Waals surface area contributed by atoms with Gasteiger partial charge in [0.25, 0.3) is 0 Å². The number of thioether (sulfide) groups is 1. The van der Waals surface area contributed by atoms with Crippen molar-refractivity contribution in [2.75, 3.05) is 12.9 Å². The van der Waals surface area contributed by atoms with Crippen LogP contribution in [-0.2, 0) is 4.74 Å². The number of methoxy groups -OCH3 is 1. The number of cyclic esters (lactones) is 1. The number of carboxylic acid groups (broad SMARTS) is 1. The third-order valence-electron chi connectivity index (χ3n) is 3.57. The molecule has 2 aliphatic rings. The third-order valence-corrected chi connectivity index (χ3v) is 4.83. The summed E-state index contributed by atoms with van der Waals surface area (Å²) in [6, 6.07) is 1.41. The monoisotopic (exact) mass is 280 g/mol. The Morgan fingerprint density at radius 3 is 2.95 bits per heavy atom. The number of carboxylic acids is 1. The van der Waals surface area contributed by atoms with Crippen molar-refractivity contribution in [1.82, 2.24) is 0 Å². The Hall–Kier alpha value is -1.69. The van der Waals surface area contributed by atoms with Gasteiger partial charge in [-0.25, -0.2) is 9.59 Å².